The molecule has 1 aliphatic heterocycles. The van der Waals surface area contributed by atoms with Crippen molar-refractivity contribution in [3.63, 3.8) is 0 Å². The van der Waals surface area contributed by atoms with Crippen LogP contribution in [0.4, 0.5) is 0 Å². The zero-order valence-corrected chi connectivity index (χ0v) is 3.92. The molecule has 0 aromatic heterocycles. The molecule has 1 rings (SSSR count). The van der Waals surface area contributed by atoms with Crippen LogP contribution in [-0.2, 0) is 0 Å². The minimum absolute atomic E-state index is 0.278. The van der Waals surface area contributed by atoms with Crippen molar-refractivity contribution in [3.05, 3.63) is 5.21 Å². The molecule has 1 unspecified atom stereocenters. The predicted molar refractivity (Wildman–Crippen MR) is 22.9 cm³/mol. The van der Waals surface area contributed by atoms with Gasteiger partial charge in [-0.25, -0.2) is 0 Å². The lowest BCUT2D eigenvalue weighted by Gasteiger charge is -2.25. The van der Waals surface area contributed by atoms with E-state index in [0.29, 0.717) is 6.54 Å². The van der Waals surface area contributed by atoms with Gasteiger partial charge in [0.05, 0.1) is 6.54 Å². The summed E-state index contributed by atoms with van der Waals surface area (Å²) in [5.41, 5.74) is 2.33. The van der Waals surface area contributed by atoms with Crippen LogP contribution in [0, 0.1) is 5.21 Å². The maximum atomic E-state index is 10.3. The van der Waals surface area contributed by atoms with Crippen molar-refractivity contribution >= 4 is 0 Å². The third-order valence-electron chi connectivity index (χ3n) is 0.997. The first kappa shape index (κ1) is 4.99. The monoisotopic (exact) mass is 104 g/mol. The van der Waals surface area contributed by atoms with Crippen molar-refractivity contribution in [3.8, 4) is 0 Å². The van der Waals surface area contributed by atoms with Gasteiger partial charge in [0.2, 0.25) is 0 Å². The molecular weight excluding hydrogens is 96.0 g/mol. The molecule has 0 spiro atoms. The normalized spacial score (nSPS) is 42.0. The van der Waals surface area contributed by atoms with Crippen LogP contribution in [0.3, 0.4) is 0 Å². The summed E-state index contributed by atoms with van der Waals surface area (Å²) in [6.07, 6.45) is 0.764. The van der Waals surface area contributed by atoms with E-state index >= 15 is 0 Å². The summed E-state index contributed by atoms with van der Waals surface area (Å²) in [6, 6.07) is 0. The quantitative estimate of drug-likeness (QED) is 0.324. The van der Waals surface area contributed by atoms with Crippen molar-refractivity contribution in [2.45, 2.75) is 6.42 Å². The molecule has 1 heterocycles. The van der Waals surface area contributed by atoms with Crippen molar-refractivity contribution in [1.29, 1.82) is 0 Å². The van der Waals surface area contributed by atoms with Crippen molar-refractivity contribution in [2.24, 2.45) is 0 Å². The SMILES string of the molecule is [O-][N+]1(O)CCCN1. The van der Waals surface area contributed by atoms with Crippen molar-refractivity contribution in [1.82, 2.24) is 5.43 Å². The van der Waals surface area contributed by atoms with Gasteiger partial charge in [0.25, 0.3) is 0 Å². The molecule has 1 aliphatic rings. The largest absolute Gasteiger partial charge is 0.578 e. The Kier molecular flexibility index (Phi) is 1.01. The van der Waals surface area contributed by atoms with Gasteiger partial charge in [-0.3, -0.25) is 0 Å². The summed E-state index contributed by atoms with van der Waals surface area (Å²) in [5, 5.41) is 18.8. The molecule has 0 aliphatic carbocycles. The van der Waals surface area contributed by atoms with Gasteiger partial charge in [-0.05, 0) is 0 Å². The van der Waals surface area contributed by atoms with Crippen LogP contribution in [0.15, 0.2) is 0 Å². The Morgan fingerprint density at radius 2 is 2.43 bits per heavy atom. The second kappa shape index (κ2) is 1.41. The summed E-state index contributed by atoms with van der Waals surface area (Å²) < 4.78 is 0. The molecule has 1 fully saturated rings. The summed E-state index contributed by atoms with van der Waals surface area (Å²) in [5.74, 6) is 0. The Hall–Kier alpha value is -0.160. The van der Waals surface area contributed by atoms with Gasteiger partial charge in [-0.2, -0.15) is 5.21 Å². The van der Waals surface area contributed by atoms with E-state index in [1.165, 1.54) is 0 Å². The van der Waals surface area contributed by atoms with Crippen molar-refractivity contribution < 1.29 is 10.1 Å². The molecule has 0 amide bonds. The first-order chi connectivity index (χ1) is 3.21. The molecule has 0 aromatic rings. The summed E-state index contributed by atoms with van der Waals surface area (Å²) in [7, 11) is 0. The van der Waals surface area contributed by atoms with E-state index in [1.807, 2.05) is 0 Å². The average Bonchev–Trinajstić information content (AvgIpc) is 1.84. The third-order valence-corrected chi connectivity index (χ3v) is 0.997. The predicted octanol–water partition coefficient (Wildman–Crippen LogP) is -0.402. The number of hydroxylamine groups is 2. The molecule has 42 valence electrons. The van der Waals surface area contributed by atoms with Gasteiger partial charge in [0.1, 0.15) is 6.54 Å². The second-order valence-electron chi connectivity index (χ2n) is 1.69. The molecule has 0 radical (unpaired) electrons. The van der Waals surface area contributed by atoms with E-state index in [4.69, 9.17) is 5.21 Å². The van der Waals surface area contributed by atoms with Gasteiger partial charge >= 0.3 is 0 Å². The fourth-order valence-electron chi connectivity index (χ4n) is 0.626. The fourth-order valence-corrected chi connectivity index (χ4v) is 0.626. The molecule has 0 aromatic carbocycles. The maximum absolute atomic E-state index is 10.3. The molecule has 4 nitrogen and oxygen atoms in total. The van der Waals surface area contributed by atoms with E-state index in [9.17, 15) is 5.21 Å². The Balaban J connectivity index is 2.40. The summed E-state index contributed by atoms with van der Waals surface area (Å²) in [6.45, 7) is 0.903. The minimum atomic E-state index is -1.25. The number of hydrogen-bond acceptors (Lipinski definition) is 3. The van der Waals surface area contributed by atoms with E-state index < -0.39 is 4.92 Å². The van der Waals surface area contributed by atoms with Crippen LogP contribution in [0.25, 0.3) is 0 Å². The molecule has 7 heavy (non-hydrogen) atoms. The third kappa shape index (κ3) is 1.10. The Morgan fingerprint density at radius 3 is 2.57 bits per heavy atom. The fraction of sp³-hybridized carbons (Fsp3) is 1.00. The van der Waals surface area contributed by atoms with Crippen LogP contribution in [0.1, 0.15) is 6.42 Å². The standard InChI is InChI=1S/C3H8N2O2/c6-5(7)3-1-2-4-5/h4,6H,1-3H2. The van der Waals surface area contributed by atoms with Gasteiger partial charge < -0.3 is 5.21 Å². The minimum Gasteiger partial charge on any atom is -0.578 e. The molecular formula is C3H8N2O2. The zero-order valence-electron chi connectivity index (χ0n) is 3.92. The van der Waals surface area contributed by atoms with E-state index in [0.717, 1.165) is 6.42 Å². The van der Waals surface area contributed by atoms with E-state index in [2.05, 4.69) is 5.43 Å². The molecule has 4 heteroatoms. The lowest BCUT2D eigenvalue weighted by molar-refractivity contribution is -1.09. The molecule has 1 saturated heterocycles. The van der Waals surface area contributed by atoms with Crippen molar-refractivity contribution in [2.75, 3.05) is 13.1 Å². The first-order valence-electron chi connectivity index (χ1n) is 2.28. The zero-order chi connectivity index (χ0) is 5.33. The molecule has 0 bridgehead atoms. The van der Waals surface area contributed by atoms with Gasteiger partial charge in [0.15, 0.2) is 0 Å². The van der Waals surface area contributed by atoms with E-state index in [1.54, 1.807) is 0 Å². The lowest BCUT2D eigenvalue weighted by atomic mass is 10.5. The molecule has 2 N–H and O–H groups in total. The van der Waals surface area contributed by atoms with Crippen LogP contribution >= 0.6 is 0 Å². The molecule has 0 saturated carbocycles. The second-order valence-corrected chi connectivity index (χ2v) is 1.69. The highest BCUT2D eigenvalue weighted by molar-refractivity contribution is 4.43. The van der Waals surface area contributed by atoms with Crippen LogP contribution < -0.4 is 5.43 Å². The Labute approximate surface area is 41.4 Å². The van der Waals surface area contributed by atoms with Crippen LogP contribution in [0.2, 0.25) is 0 Å². The highest BCUT2D eigenvalue weighted by atomic mass is 16.9. The highest BCUT2D eigenvalue weighted by Gasteiger charge is 2.18. The number of nitrogens with one attached hydrogen (secondary N) is 1. The average molecular weight is 104 g/mol. The van der Waals surface area contributed by atoms with Crippen LogP contribution in [0.5, 0.6) is 0 Å². The number of rotatable bonds is 0. The molecule has 1 atom stereocenters. The smallest absolute Gasteiger partial charge is 0.129 e. The van der Waals surface area contributed by atoms with Gasteiger partial charge in [0, 0.05) is 6.42 Å². The highest BCUT2D eigenvalue weighted by Crippen LogP contribution is 2.00. The lowest BCUT2D eigenvalue weighted by Crippen LogP contribution is -2.44. The number of quaternary nitrogens is 1. The summed E-state index contributed by atoms with van der Waals surface area (Å²) >= 11 is 0. The first-order valence-corrected chi connectivity index (χ1v) is 2.28. The maximum Gasteiger partial charge on any atom is 0.129 e. The van der Waals surface area contributed by atoms with Gasteiger partial charge in [-0.1, -0.05) is 0 Å². The Morgan fingerprint density at radius 1 is 1.71 bits per heavy atom. The summed E-state index contributed by atoms with van der Waals surface area (Å²) in [4.78, 5) is -1.25. The van der Waals surface area contributed by atoms with Gasteiger partial charge in [-0.15, -0.1) is 10.3 Å². The Bertz CT molecular complexity index is 65.3. The number of hydrogen-bond donors (Lipinski definition) is 2. The number of nitrogens with zero attached hydrogens (tertiary/aromatic N) is 1. The van der Waals surface area contributed by atoms with Crippen LogP contribution in [-0.4, -0.2) is 23.2 Å². The topological polar surface area (TPSA) is 55.3 Å². The van der Waals surface area contributed by atoms with E-state index in [-0.39, 0.29) is 6.54 Å².